The summed E-state index contributed by atoms with van der Waals surface area (Å²) in [6, 6.07) is 3.92. The Balaban J connectivity index is 2.61. The first-order valence-corrected chi connectivity index (χ1v) is 5.94. The zero-order chi connectivity index (χ0) is 12.4. The van der Waals surface area contributed by atoms with Crippen LogP contribution in [0.5, 0.6) is 0 Å². The smallest absolute Gasteiger partial charge is 0.192 e. The molecular weight excluding hydrogens is 232 g/mol. The maximum Gasteiger partial charge on any atom is 0.192 e. The maximum atomic E-state index is 5.37. The van der Waals surface area contributed by atoms with E-state index < -0.39 is 0 Å². The zero-order valence-electron chi connectivity index (χ0n) is 10.2. The molecule has 88 valence electrons. The van der Waals surface area contributed by atoms with Gasteiger partial charge < -0.3 is 4.74 Å². The fraction of sp³-hybridized carbons (Fsp3) is 0.308. The number of fused-ring (bicyclic) bond motifs is 1. The van der Waals surface area contributed by atoms with Crippen LogP contribution in [-0.2, 0) is 4.74 Å². The highest BCUT2D eigenvalue weighted by Crippen LogP contribution is 2.19. The van der Waals surface area contributed by atoms with Crippen molar-refractivity contribution in [2.45, 2.75) is 20.8 Å². The van der Waals surface area contributed by atoms with E-state index >= 15 is 0 Å². The van der Waals surface area contributed by atoms with Gasteiger partial charge in [0.05, 0.1) is 17.7 Å². The number of aromatic nitrogens is 2. The topological polar surface area (TPSA) is 35.0 Å². The van der Waals surface area contributed by atoms with Crippen LogP contribution in [0.1, 0.15) is 23.9 Å². The van der Waals surface area contributed by atoms with E-state index in [2.05, 4.69) is 9.97 Å². The van der Waals surface area contributed by atoms with Gasteiger partial charge in [-0.15, -0.1) is 0 Å². The van der Waals surface area contributed by atoms with Crippen molar-refractivity contribution >= 4 is 28.2 Å². The third-order valence-corrected chi connectivity index (χ3v) is 2.97. The number of aryl methyl sites for hydroxylation is 2. The highest BCUT2D eigenvalue weighted by molar-refractivity contribution is 7.80. The van der Waals surface area contributed by atoms with Crippen LogP contribution >= 0.6 is 12.2 Å². The molecule has 0 saturated heterocycles. The lowest BCUT2D eigenvalue weighted by molar-refractivity contribution is 0.337. The van der Waals surface area contributed by atoms with E-state index in [9.17, 15) is 0 Å². The summed E-state index contributed by atoms with van der Waals surface area (Å²) in [5.74, 6) is 0. The SMILES string of the molecule is CCOC(=S)c1cc2c(C)nccc2nc1C. The third-order valence-electron chi connectivity index (χ3n) is 2.63. The van der Waals surface area contributed by atoms with Crippen LogP contribution in [0.25, 0.3) is 10.9 Å². The molecule has 0 bridgehead atoms. The molecule has 0 N–H and O–H groups in total. The van der Waals surface area contributed by atoms with Crippen LogP contribution in [0.4, 0.5) is 0 Å². The number of ether oxygens (including phenoxy) is 1. The number of thiocarbonyl (C=S) groups is 1. The van der Waals surface area contributed by atoms with Crippen LogP contribution in [0.2, 0.25) is 0 Å². The zero-order valence-corrected chi connectivity index (χ0v) is 11.0. The van der Waals surface area contributed by atoms with E-state index in [1.165, 1.54) is 0 Å². The second-order valence-electron chi connectivity index (χ2n) is 3.80. The molecule has 0 aromatic carbocycles. The Labute approximate surface area is 106 Å². The van der Waals surface area contributed by atoms with E-state index in [1.807, 2.05) is 32.9 Å². The Morgan fingerprint density at radius 3 is 2.82 bits per heavy atom. The number of rotatable bonds is 2. The predicted octanol–water partition coefficient (Wildman–Crippen LogP) is 2.96. The van der Waals surface area contributed by atoms with E-state index in [0.29, 0.717) is 11.7 Å². The summed E-state index contributed by atoms with van der Waals surface area (Å²) in [5, 5.41) is 1.53. The average Bonchev–Trinajstić information content (AvgIpc) is 2.29. The number of pyridine rings is 2. The Morgan fingerprint density at radius 2 is 2.12 bits per heavy atom. The molecule has 0 aliphatic rings. The van der Waals surface area contributed by atoms with Crippen molar-refractivity contribution in [2.75, 3.05) is 6.61 Å². The van der Waals surface area contributed by atoms with Crippen molar-refractivity contribution < 1.29 is 4.74 Å². The van der Waals surface area contributed by atoms with E-state index in [1.54, 1.807) is 6.20 Å². The van der Waals surface area contributed by atoms with Gasteiger partial charge in [0.15, 0.2) is 5.05 Å². The average molecular weight is 246 g/mol. The predicted molar refractivity (Wildman–Crippen MR) is 72.3 cm³/mol. The first-order valence-electron chi connectivity index (χ1n) is 5.53. The highest BCUT2D eigenvalue weighted by atomic mass is 32.1. The minimum Gasteiger partial charge on any atom is -0.483 e. The second kappa shape index (κ2) is 4.75. The molecule has 0 aliphatic heterocycles. The standard InChI is InChI=1S/C13H14N2OS/c1-4-16-13(17)11-7-10-8(2)14-6-5-12(10)15-9(11)3/h5-7H,4H2,1-3H3. The normalized spacial score (nSPS) is 10.5. The lowest BCUT2D eigenvalue weighted by Gasteiger charge is -2.10. The lowest BCUT2D eigenvalue weighted by atomic mass is 10.1. The van der Waals surface area contributed by atoms with Gasteiger partial charge in [-0.25, -0.2) is 0 Å². The van der Waals surface area contributed by atoms with Gasteiger partial charge in [-0.2, -0.15) is 0 Å². The van der Waals surface area contributed by atoms with Gasteiger partial charge in [0.2, 0.25) is 0 Å². The Kier molecular flexibility index (Phi) is 3.33. The molecule has 0 amide bonds. The van der Waals surface area contributed by atoms with Crippen LogP contribution in [0.3, 0.4) is 0 Å². The molecule has 0 unspecified atom stereocenters. The Hall–Kier alpha value is -1.55. The monoisotopic (exact) mass is 246 g/mol. The van der Waals surface area contributed by atoms with E-state index in [-0.39, 0.29) is 0 Å². The molecule has 0 spiro atoms. The maximum absolute atomic E-state index is 5.37. The van der Waals surface area contributed by atoms with Gasteiger partial charge in [-0.05, 0) is 45.1 Å². The fourth-order valence-corrected chi connectivity index (χ4v) is 2.07. The highest BCUT2D eigenvalue weighted by Gasteiger charge is 2.10. The summed E-state index contributed by atoms with van der Waals surface area (Å²) in [4.78, 5) is 8.79. The molecule has 0 saturated carbocycles. The third kappa shape index (κ3) is 2.26. The molecule has 0 fully saturated rings. The quantitative estimate of drug-likeness (QED) is 0.763. The van der Waals surface area contributed by atoms with Crippen LogP contribution in [0, 0.1) is 13.8 Å². The minimum atomic E-state index is 0.502. The van der Waals surface area contributed by atoms with Crippen LogP contribution in [-0.4, -0.2) is 21.6 Å². The number of hydrogen-bond acceptors (Lipinski definition) is 4. The molecular formula is C13H14N2OS. The van der Waals surface area contributed by atoms with Gasteiger partial charge in [0.25, 0.3) is 0 Å². The molecule has 2 rings (SSSR count). The van der Waals surface area contributed by atoms with Crippen molar-refractivity contribution in [3.63, 3.8) is 0 Å². The first kappa shape index (κ1) is 11.9. The van der Waals surface area contributed by atoms with Crippen LogP contribution in [0.15, 0.2) is 18.3 Å². The molecule has 2 heterocycles. The number of hydrogen-bond donors (Lipinski definition) is 0. The fourth-order valence-electron chi connectivity index (χ4n) is 1.75. The Morgan fingerprint density at radius 1 is 1.35 bits per heavy atom. The van der Waals surface area contributed by atoms with Gasteiger partial charge >= 0.3 is 0 Å². The van der Waals surface area contributed by atoms with Crippen molar-refractivity contribution in [1.82, 2.24) is 9.97 Å². The summed E-state index contributed by atoms with van der Waals surface area (Å²) in [6.45, 7) is 6.40. The molecule has 0 atom stereocenters. The van der Waals surface area contributed by atoms with Gasteiger partial charge in [0, 0.05) is 23.0 Å². The molecule has 4 heteroatoms. The molecule has 2 aromatic rings. The van der Waals surface area contributed by atoms with Gasteiger partial charge in [-0.3, -0.25) is 9.97 Å². The molecule has 3 nitrogen and oxygen atoms in total. The first-order chi connectivity index (χ1) is 8.13. The molecule has 0 aliphatic carbocycles. The van der Waals surface area contributed by atoms with Gasteiger partial charge in [0.1, 0.15) is 0 Å². The van der Waals surface area contributed by atoms with E-state index in [4.69, 9.17) is 17.0 Å². The van der Waals surface area contributed by atoms with Crippen molar-refractivity contribution in [3.05, 3.63) is 35.3 Å². The molecule has 0 radical (unpaired) electrons. The van der Waals surface area contributed by atoms with Gasteiger partial charge in [-0.1, -0.05) is 0 Å². The summed E-state index contributed by atoms with van der Waals surface area (Å²) in [6.07, 6.45) is 1.77. The molecule has 2 aromatic heterocycles. The van der Waals surface area contributed by atoms with Crippen molar-refractivity contribution in [2.24, 2.45) is 0 Å². The Bertz CT molecular complexity index is 581. The van der Waals surface area contributed by atoms with Crippen molar-refractivity contribution in [3.8, 4) is 0 Å². The summed E-state index contributed by atoms with van der Waals surface area (Å²) >= 11 is 5.23. The second-order valence-corrected chi connectivity index (χ2v) is 4.18. The minimum absolute atomic E-state index is 0.502. The van der Waals surface area contributed by atoms with Crippen molar-refractivity contribution in [1.29, 1.82) is 0 Å². The summed E-state index contributed by atoms with van der Waals surface area (Å²) < 4.78 is 5.37. The largest absolute Gasteiger partial charge is 0.483 e. The number of nitrogens with zero attached hydrogens (tertiary/aromatic N) is 2. The van der Waals surface area contributed by atoms with Crippen LogP contribution < -0.4 is 0 Å². The summed E-state index contributed by atoms with van der Waals surface area (Å²) in [5.41, 5.74) is 3.67. The lowest BCUT2D eigenvalue weighted by Crippen LogP contribution is -2.07. The van der Waals surface area contributed by atoms with E-state index in [0.717, 1.165) is 27.9 Å². The summed E-state index contributed by atoms with van der Waals surface area (Å²) in [7, 11) is 0. The molecule has 17 heavy (non-hydrogen) atoms.